The summed E-state index contributed by atoms with van der Waals surface area (Å²) >= 11 is 6.12. The van der Waals surface area contributed by atoms with E-state index in [0.29, 0.717) is 24.7 Å². The van der Waals surface area contributed by atoms with E-state index in [1.807, 2.05) is 41.1 Å². The predicted molar refractivity (Wildman–Crippen MR) is 135 cm³/mol. The van der Waals surface area contributed by atoms with E-state index >= 15 is 0 Å². The van der Waals surface area contributed by atoms with Crippen LogP contribution in [-0.2, 0) is 26.1 Å². The molecule has 1 aliphatic heterocycles. The molecule has 0 amide bonds. The number of aliphatic hydroxyl groups is 1. The van der Waals surface area contributed by atoms with E-state index in [1.54, 1.807) is 6.07 Å². The molecule has 34 heavy (non-hydrogen) atoms. The SMILES string of the molecule is CCCC(O)CN(CC)Cc1nn(-c2ccc(Cl)cc2)c2c1CN(Cc1ccccc1F)CC2. The molecule has 0 radical (unpaired) electrons. The zero-order valence-corrected chi connectivity index (χ0v) is 20.8. The number of likely N-dealkylation sites (N-methyl/N-ethyl adjacent to an activating group) is 1. The van der Waals surface area contributed by atoms with Gasteiger partial charge in [0.05, 0.1) is 23.2 Å². The number of aliphatic hydroxyl groups excluding tert-OH is 1. The van der Waals surface area contributed by atoms with E-state index < -0.39 is 0 Å². The van der Waals surface area contributed by atoms with Crippen molar-refractivity contribution in [1.29, 1.82) is 0 Å². The van der Waals surface area contributed by atoms with Crippen LogP contribution in [0.5, 0.6) is 0 Å². The van der Waals surface area contributed by atoms with Crippen molar-refractivity contribution in [2.24, 2.45) is 0 Å². The van der Waals surface area contributed by atoms with E-state index in [2.05, 4.69) is 23.6 Å². The van der Waals surface area contributed by atoms with E-state index in [4.69, 9.17) is 16.7 Å². The minimum Gasteiger partial charge on any atom is -0.392 e. The standard InChI is InChI=1S/C27H34ClFN4O/c1-3-7-23(34)17-31(4-2)19-26-24-18-32(16-20-8-5-6-9-25(20)29)15-14-27(24)33(30-26)22-12-10-21(28)11-13-22/h5-6,8-13,23,34H,3-4,7,14-19H2,1-2H3. The minimum absolute atomic E-state index is 0.160. The Kier molecular flexibility index (Phi) is 8.37. The highest BCUT2D eigenvalue weighted by Gasteiger charge is 2.27. The lowest BCUT2D eigenvalue weighted by molar-refractivity contribution is 0.103. The zero-order valence-electron chi connectivity index (χ0n) is 20.1. The maximum Gasteiger partial charge on any atom is 0.127 e. The Hall–Kier alpha value is -2.25. The zero-order chi connectivity index (χ0) is 24.1. The first-order chi connectivity index (χ1) is 16.5. The van der Waals surface area contributed by atoms with Gasteiger partial charge in [0, 0.05) is 55.3 Å². The van der Waals surface area contributed by atoms with Crippen molar-refractivity contribution < 1.29 is 9.50 Å². The topological polar surface area (TPSA) is 44.5 Å². The third kappa shape index (κ3) is 5.87. The van der Waals surface area contributed by atoms with Crippen molar-refractivity contribution in [3.8, 4) is 5.69 Å². The molecule has 1 aliphatic rings. The van der Waals surface area contributed by atoms with Crippen molar-refractivity contribution >= 4 is 11.6 Å². The van der Waals surface area contributed by atoms with Crippen LogP contribution in [0.1, 0.15) is 49.2 Å². The van der Waals surface area contributed by atoms with Crippen molar-refractivity contribution in [3.05, 3.63) is 81.9 Å². The molecular formula is C27H34ClFN4O. The third-order valence-electron chi connectivity index (χ3n) is 6.55. The number of benzene rings is 2. The summed E-state index contributed by atoms with van der Waals surface area (Å²) in [6.07, 6.45) is 2.26. The minimum atomic E-state index is -0.336. The summed E-state index contributed by atoms with van der Waals surface area (Å²) in [5, 5.41) is 16.1. The van der Waals surface area contributed by atoms with E-state index in [-0.39, 0.29) is 11.9 Å². The molecule has 1 aromatic heterocycles. The monoisotopic (exact) mass is 484 g/mol. The molecule has 0 saturated heterocycles. The van der Waals surface area contributed by atoms with E-state index in [1.165, 1.54) is 17.3 Å². The lowest BCUT2D eigenvalue weighted by atomic mass is 10.0. The Balaban J connectivity index is 1.62. The molecule has 4 rings (SSSR count). The maximum atomic E-state index is 14.3. The Morgan fingerprint density at radius 2 is 1.91 bits per heavy atom. The van der Waals surface area contributed by atoms with Crippen LogP contribution < -0.4 is 0 Å². The second-order valence-electron chi connectivity index (χ2n) is 9.08. The predicted octanol–water partition coefficient (Wildman–Crippen LogP) is 5.21. The second-order valence-corrected chi connectivity index (χ2v) is 9.52. The van der Waals surface area contributed by atoms with Gasteiger partial charge >= 0.3 is 0 Å². The van der Waals surface area contributed by atoms with Gasteiger partial charge in [-0.05, 0) is 43.3 Å². The Morgan fingerprint density at radius 1 is 1.15 bits per heavy atom. The summed E-state index contributed by atoms with van der Waals surface area (Å²) in [6, 6.07) is 14.8. The highest BCUT2D eigenvalue weighted by atomic mass is 35.5. The fourth-order valence-electron chi connectivity index (χ4n) is 4.71. The van der Waals surface area contributed by atoms with Gasteiger partial charge in [0.15, 0.2) is 0 Å². The Bertz CT molecular complexity index is 1080. The first-order valence-electron chi connectivity index (χ1n) is 12.2. The maximum absolute atomic E-state index is 14.3. The van der Waals surface area contributed by atoms with E-state index in [9.17, 15) is 9.50 Å². The van der Waals surface area contributed by atoms with Gasteiger partial charge in [0.1, 0.15) is 5.82 Å². The molecule has 182 valence electrons. The van der Waals surface area contributed by atoms with Gasteiger partial charge in [-0.15, -0.1) is 0 Å². The lowest BCUT2D eigenvalue weighted by Crippen LogP contribution is -2.34. The molecule has 0 spiro atoms. The van der Waals surface area contributed by atoms with Gasteiger partial charge in [-0.25, -0.2) is 9.07 Å². The Morgan fingerprint density at radius 3 is 2.62 bits per heavy atom. The van der Waals surface area contributed by atoms with Crippen LogP contribution in [0.4, 0.5) is 4.39 Å². The highest BCUT2D eigenvalue weighted by Crippen LogP contribution is 2.28. The molecule has 0 saturated carbocycles. The Labute approximate surface area is 206 Å². The number of aromatic nitrogens is 2. The van der Waals surface area contributed by atoms with Crippen molar-refractivity contribution in [2.45, 2.75) is 58.8 Å². The van der Waals surface area contributed by atoms with Gasteiger partial charge in [0.25, 0.3) is 0 Å². The van der Waals surface area contributed by atoms with Crippen LogP contribution in [0.15, 0.2) is 48.5 Å². The van der Waals surface area contributed by atoms with Crippen LogP contribution >= 0.6 is 11.6 Å². The molecule has 3 aromatic rings. The molecule has 0 bridgehead atoms. The van der Waals surface area contributed by atoms with Crippen molar-refractivity contribution in [2.75, 3.05) is 19.6 Å². The largest absolute Gasteiger partial charge is 0.392 e. The number of hydrogen-bond donors (Lipinski definition) is 1. The smallest absolute Gasteiger partial charge is 0.127 e. The van der Waals surface area contributed by atoms with E-state index in [0.717, 1.165) is 55.8 Å². The molecular weight excluding hydrogens is 451 g/mol. The summed E-state index contributed by atoms with van der Waals surface area (Å²) in [4.78, 5) is 4.55. The van der Waals surface area contributed by atoms with Gasteiger partial charge in [-0.2, -0.15) is 5.10 Å². The quantitative estimate of drug-likeness (QED) is 0.429. The molecule has 1 atom stereocenters. The van der Waals surface area contributed by atoms with Crippen LogP contribution in [0.25, 0.3) is 5.69 Å². The molecule has 0 aliphatic carbocycles. The third-order valence-corrected chi connectivity index (χ3v) is 6.81. The fourth-order valence-corrected chi connectivity index (χ4v) is 4.83. The van der Waals surface area contributed by atoms with Crippen molar-refractivity contribution in [1.82, 2.24) is 19.6 Å². The second kappa shape index (κ2) is 11.5. The molecule has 0 fully saturated rings. The summed E-state index contributed by atoms with van der Waals surface area (Å²) in [7, 11) is 0. The molecule has 2 heterocycles. The first kappa shape index (κ1) is 24.9. The summed E-state index contributed by atoms with van der Waals surface area (Å²) < 4.78 is 16.3. The molecule has 2 aromatic carbocycles. The van der Waals surface area contributed by atoms with Crippen molar-refractivity contribution in [3.63, 3.8) is 0 Å². The fraction of sp³-hybridized carbons (Fsp3) is 0.444. The number of nitrogens with zero attached hydrogens (tertiary/aromatic N) is 4. The molecule has 1 unspecified atom stereocenters. The average Bonchev–Trinajstić information content (AvgIpc) is 3.18. The first-order valence-corrected chi connectivity index (χ1v) is 12.6. The number of fused-ring (bicyclic) bond motifs is 1. The molecule has 5 nitrogen and oxygen atoms in total. The number of hydrogen-bond acceptors (Lipinski definition) is 4. The van der Waals surface area contributed by atoms with Gasteiger partial charge in [-0.1, -0.05) is 50.1 Å². The van der Waals surface area contributed by atoms with Gasteiger partial charge in [0.2, 0.25) is 0 Å². The van der Waals surface area contributed by atoms with Crippen LogP contribution in [0.3, 0.4) is 0 Å². The average molecular weight is 485 g/mol. The van der Waals surface area contributed by atoms with Crippen LogP contribution in [0, 0.1) is 5.82 Å². The van der Waals surface area contributed by atoms with Crippen LogP contribution in [0.2, 0.25) is 5.02 Å². The summed E-state index contributed by atoms with van der Waals surface area (Å²) in [5.41, 5.74) is 5.14. The summed E-state index contributed by atoms with van der Waals surface area (Å²) in [5.74, 6) is -0.160. The molecule has 1 N–H and O–H groups in total. The lowest BCUT2D eigenvalue weighted by Gasteiger charge is -2.29. The van der Waals surface area contributed by atoms with Crippen LogP contribution in [-0.4, -0.2) is 50.4 Å². The van der Waals surface area contributed by atoms with Gasteiger partial charge in [-0.3, -0.25) is 9.80 Å². The normalized spacial score (nSPS) is 15.0. The highest BCUT2D eigenvalue weighted by molar-refractivity contribution is 6.30. The number of halogens is 2. The molecule has 7 heteroatoms. The van der Waals surface area contributed by atoms with Gasteiger partial charge < -0.3 is 5.11 Å². The summed E-state index contributed by atoms with van der Waals surface area (Å²) in [6.45, 7) is 8.49. The number of rotatable bonds is 10.